The van der Waals surface area contributed by atoms with Gasteiger partial charge in [0.25, 0.3) is 0 Å². The van der Waals surface area contributed by atoms with Gasteiger partial charge in [-0.15, -0.1) is 0 Å². The quantitative estimate of drug-likeness (QED) is 0.850. The van der Waals surface area contributed by atoms with Crippen LogP contribution in [0.1, 0.15) is 18.4 Å². The molecule has 0 spiro atoms. The van der Waals surface area contributed by atoms with Gasteiger partial charge in [-0.3, -0.25) is 4.90 Å². The van der Waals surface area contributed by atoms with Gasteiger partial charge in [-0.05, 0) is 37.9 Å². The number of piperazine rings is 1. The number of β-amino-alcohol motifs (C(OH)–C–C–N with tert-alkyl or cyclic N) is 1. The highest BCUT2D eigenvalue weighted by Crippen LogP contribution is 2.20. The van der Waals surface area contributed by atoms with Crippen LogP contribution >= 0.6 is 0 Å². The number of nitrogens with one attached hydrogen (secondary N) is 1. The minimum Gasteiger partial charge on any atom is -0.388 e. The molecule has 2 fully saturated rings. The number of nitrogens with zero attached hydrogens (tertiary/aromatic N) is 2. The smallest absolute Gasteiger partial charge is 0.0798 e. The number of rotatable bonds is 5. The average molecular weight is 303 g/mol. The number of hydrogen-bond acceptors (Lipinski definition) is 4. The molecule has 4 heteroatoms. The molecule has 122 valence electrons. The fourth-order valence-electron chi connectivity index (χ4n) is 3.57. The van der Waals surface area contributed by atoms with Gasteiger partial charge < -0.3 is 15.3 Å². The van der Waals surface area contributed by atoms with Crippen LogP contribution in [0.5, 0.6) is 0 Å². The minimum atomic E-state index is -0.461. The van der Waals surface area contributed by atoms with Crippen molar-refractivity contribution >= 4 is 0 Å². The molecule has 2 saturated heterocycles. The van der Waals surface area contributed by atoms with E-state index in [0.29, 0.717) is 0 Å². The van der Waals surface area contributed by atoms with Crippen molar-refractivity contribution in [3.8, 4) is 0 Å². The second kappa shape index (κ2) is 7.55. The van der Waals surface area contributed by atoms with Crippen molar-refractivity contribution in [2.75, 3.05) is 52.4 Å². The Labute approximate surface area is 134 Å². The third-order valence-electron chi connectivity index (χ3n) is 5.08. The van der Waals surface area contributed by atoms with Crippen LogP contribution in [0.3, 0.4) is 0 Å². The summed E-state index contributed by atoms with van der Waals surface area (Å²) in [5.41, 5.74) is 0.964. The predicted molar refractivity (Wildman–Crippen MR) is 90.1 cm³/mol. The van der Waals surface area contributed by atoms with E-state index in [0.717, 1.165) is 71.6 Å². The van der Waals surface area contributed by atoms with Crippen molar-refractivity contribution in [2.24, 2.45) is 0 Å². The van der Waals surface area contributed by atoms with E-state index in [1.54, 1.807) is 0 Å². The molecule has 2 N–H and O–H groups in total. The predicted octanol–water partition coefficient (Wildman–Crippen LogP) is 0.961. The Morgan fingerprint density at radius 2 is 1.59 bits per heavy atom. The molecule has 2 aliphatic rings. The zero-order chi connectivity index (χ0) is 15.3. The highest BCUT2D eigenvalue weighted by molar-refractivity contribution is 5.14. The lowest BCUT2D eigenvalue weighted by atomic mass is 9.91. The van der Waals surface area contributed by atoms with Crippen molar-refractivity contribution in [1.29, 1.82) is 0 Å². The van der Waals surface area contributed by atoms with Crippen molar-refractivity contribution in [1.82, 2.24) is 15.1 Å². The summed E-state index contributed by atoms with van der Waals surface area (Å²) in [6.45, 7) is 8.33. The molecule has 0 radical (unpaired) electrons. The molecular weight excluding hydrogens is 274 g/mol. The fourth-order valence-corrected chi connectivity index (χ4v) is 3.57. The number of aliphatic hydroxyl groups is 1. The van der Waals surface area contributed by atoms with E-state index in [1.165, 1.54) is 5.56 Å². The highest BCUT2D eigenvalue weighted by Gasteiger charge is 2.32. The maximum atomic E-state index is 10.6. The maximum Gasteiger partial charge on any atom is 0.0798 e. The van der Waals surface area contributed by atoms with E-state index in [-0.39, 0.29) is 0 Å². The van der Waals surface area contributed by atoms with Crippen LogP contribution in [0.25, 0.3) is 0 Å². The summed E-state index contributed by atoms with van der Waals surface area (Å²) in [4.78, 5) is 5.00. The topological polar surface area (TPSA) is 38.7 Å². The Bertz CT molecular complexity index is 437. The van der Waals surface area contributed by atoms with E-state index in [2.05, 4.69) is 45.4 Å². The lowest BCUT2D eigenvalue weighted by Gasteiger charge is -2.41. The molecule has 0 atom stereocenters. The zero-order valence-corrected chi connectivity index (χ0v) is 13.5. The maximum absolute atomic E-state index is 10.6. The summed E-state index contributed by atoms with van der Waals surface area (Å²) in [6, 6.07) is 10.7. The number of hydrogen-bond donors (Lipinski definition) is 2. The second-order valence-electron chi connectivity index (χ2n) is 6.83. The molecular formula is C18H29N3O. The molecule has 0 aliphatic carbocycles. The molecule has 22 heavy (non-hydrogen) atoms. The molecule has 0 saturated carbocycles. The molecule has 0 bridgehead atoms. The van der Waals surface area contributed by atoms with Gasteiger partial charge in [-0.2, -0.15) is 0 Å². The Morgan fingerprint density at radius 3 is 2.27 bits per heavy atom. The summed E-state index contributed by atoms with van der Waals surface area (Å²) < 4.78 is 0. The van der Waals surface area contributed by atoms with Crippen LogP contribution in [-0.4, -0.2) is 72.9 Å². The molecule has 2 heterocycles. The van der Waals surface area contributed by atoms with Crippen LogP contribution in [-0.2, 0) is 6.42 Å². The van der Waals surface area contributed by atoms with E-state index >= 15 is 0 Å². The molecule has 0 amide bonds. The third-order valence-corrected chi connectivity index (χ3v) is 5.08. The van der Waals surface area contributed by atoms with Gasteiger partial charge in [0, 0.05) is 39.3 Å². The van der Waals surface area contributed by atoms with Gasteiger partial charge >= 0.3 is 0 Å². The highest BCUT2D eigenvalue weighted by atomic mass is 16.3. The van der Waals surface area contributed by atoms with Gasteiger partial charge in [0.1, 0.15) is 0 Å². The van der Waals surface area contributed by atoms with Crippen LogP contribution in [0.15, 0.2) is 30.3 Å². The minimum absolute atomic E-state index is 0.461. The Hall–Kier alpha value is -0.940. The van der Waals surface area contributed by atoms with Crippen LogP contribution in [0.2, 0.25) is 0 Å². The first-order valence-electron chi connectivity index (χ1n) is 8.65. The van der Waals surface area contributed by atoms with Crippen molar-refractivity contribution < 1.29 is 5.11 Å². The molecule has 2 aliphatic heterocycles. The second-order valence-corrected chi connectivity index (χ2v) is 6.83. The molecule has 4 nitrogen and oxygen atoms in total. The standard InChI is InChI=1S/C18H29N3O/c22-18(7-9-19-10-8-18)16-21-14-12-20(13-15-21)11-6-17-4-2-1-3-5-17/h1-5,19,22H,6-16H2. The van der Waals surface area contributed by atoms with Gasteiger partial charge in [0.15, 0.2) is 0 Å². The van der Waals surface area contributed by atoms with E-state index in [9.17, 15) is 5.11 Å². The summed E-state index contributed by atoms with van der Waals surface area (Å²) in [5, 5.41) is 14.0. The van der Waals surface area contributed by atoms with E-state index in [1.807, 2.05) is 0 Å². The summed E-state index contributed by atoms with van der Waals surface area (Å²) >= 11 is 0. The Kier molecular flexibility index (Phi) is 5.47. The van der Waals surface area contributed by atoms with Crippen molar-refractivity contribution in [3.63, 3.8) is 0 Å². The first-order chi connectivity index (χ1) is 10.7. The first-order valence-corrected chi connectivity index (χ1v) is 8.65. The van der Waals surface area contributed by atoms with Crippen LogP contribution in [0.4, 0.5) is 0 Å². The van der Waals surface area contributed by atoms with Crippen molar-refractivity contribution in [3.05, 3.63) is 35.9 Å². The molecule has 3 rings (SSSR count). The first kappa shape index (κ1) is 15.9. The van der Waals surface area contributed by atoms with Gasteiger partial charge in [-0.25, -0.2) is 0 Å². The number of benzene rings is 1. The van der Waals surface area contributed by atoms with Crippen molar-refractivity contribution in [2.45, 2.75) is 24.9 Å². The average Bonchev–Trinajstić information content (AvgIpc) is 2.55. The Balaban J connectivity index is 1.39. The number of piperidine rings is 1. The third kappa shape index (κ3) is 4.53. The summed E-state index contributed by atoms with van der Waals surface area (Å²) in [7, 11) is 0. The fraction of sp³-hybridized carbons (Fsp3) is 0.667. The summed E-state index contributed by atoms with van der Waals surface area (Å²) in [6.07, 6.45) is 2.92. The van der Waals surface area contributed by atoms with Gasteiger partial charge in [0.2, 0.25) is 0 Å². The monoisotopic (exact) mass is 303 g/mol. The molecule has 0 aromatic heterocycles. The van der Waals surface area contributed by atoms with Gasteiger partial charge in [0.05, 0.1) is 5.60 Å². The van der Waals surface area contributed by atoms with Gasteiger partial charge in [-0.1, -0.05) is 30.3 Å². The lowest BCUT2D eigenvalue weighted by molar-refractivity contribution is -0.0305. The molecule has 1 aromatic carbocycles. The summed E-state index contributed by atoms with van der Waals surface area (Å²) in [5.74, 6) is 0. The molecule has 1 aromatic rings. The normalized spacial score (nSPS) is 23.5. The lowest BCUT2D eigenvalue weighted by Crippen LogP contribution is -2.54. The van der Waals surface area contributed by atoms with Crippen LogP contribution < -0.4 is 5.32 Å². The van der Waals surface area contributed by atoms with Crippen LogP contribution in [0, 0.1) is 0 Å². The Morgan fingerprint density at radius 1 is 0.955 bits per heavy atom. The SMILES string of the molecule is OC1(CN2CCN(CCc3ccccc3)CC2)CCNCC1. The largest absolute Gasteiger partial charge is 0.388 e. The van der Waals surface area contributed by atoms with E-state index in [4.69, 9.17) is 0 Å². The zero-order valence-electron chi connectivity index (χ0n) is 13.5. The van der Waals surface area contributed by atoms with E-state index < -0.39 is 5.60 Å². The molecule has 0 unspecified atom stereocenters.